The third-order valence-electron chi connectivity index (χ3n) is 14.4. The molecule has 2 heterocycles. The number of hydrogen-bond acceptors (Lipinski definition) is 11. The fourth-order valence-electron chi connectivity index (χ4n) is 11.4. The van der Waals surface area contributed by atoms with Gasteiger partial charge in [-0.05, 0) is 85.0 Å². The fraction of sp³-hybridized carbons (Fsp3) is 0.491. The molecule has 1 aliphatic heterocycles. The highest BCUT2D eigenvalue weighted by Gasteiger charge is 2.67. The van der Waals surface area contributed by atoms with E-state index in [1.54, 1.807) is 23.7 Å². The van der Waals surface area contributed by atoms with Gasteiger partial charge in [0.25, 0.3) is 5.91 Å². The first-order chi connectivity index (χ1) is 34.5. The van der Waals surface area contributed by atoms with E-state index in [2.05, 4.69) is 60.0 Å². The molecular weight excluding hydrogens is 966 g/mol. The van der Waals surface area contributed by atoms with Crippen LogP contribution in [0.1, 0.15) is 126 Å². The molecule has 4 aromatic rings. The number of esters is 1. The van der Waals surface area contributed by atoms with Crippen LogP contribution >= 0.6 is 22.9 Å². The number of ketones is 1. The van der Waals surface area contributed by atoms with Crippen molar-refractivity contribution in [3.05, 3.63) is 111 Å². The molecule has 3 aliphatic rings. The molecule has 0 spiro atoms. The second-order valence-corrected chi connectivity index (χ2v) is 23.0. The SMILES string of the molecule is [C-]#[N+]c1ccc(OC2C(C)(C)C(N3Cc4cc(C#CCCCCOCC(=O)N[C@H](C(=O)C5C[C@H](OC(C)=O)C[C@H]5C(=O)N[C@@H](CO)c5ccc(-c6scnc6C)cc5)C(C)(C)C)ccc4C3=O)C2(C)C)cc1Cl. The van der Waals surface area contributed by atoms with Crippen LogP contribution in [-0.4, -0.2) is 88.6 Å². The van der Waals surface area contributed by atoms with Crippen molar-refractivity contribution in [3.8, 4) is 28.0 Å². The molecule has 5 atom stereocenters. The Balaban J connectivity index is 0.878. The Morgan fingerprint density at radius 1 is 1.00 bits per heavy atom. The van der Waals surface area contributed by atoms with Gasteiger partial charge in [-0.25, -0.2) is 9.83 Å². The number of unbranched alkanes of at least 4 members (excludes halogenated alkanes) is 2. The minimum Gasteiger partial charge on any atom is -0.489 e. The molecule has 1 unspecified atom stereocenters. The number of aliphatic hydroxyl groups is 1. The number of nitrogens with one attached hydrogen (secondary N) is 2. The van der Waals surface area contributed by atoms with Crippen molar-refractivity contribution in [2.45, 2.75) is 131 Å². The van der Waals surface area contributed by atoms with Crippen LogP contribution < -0.4 is 15.4 Å². The molecule has 16 heteroatoms. The van der Waals surface area contributed by atoms with Gasteiger partial charge in [0.2, 0.25) is 17.5 Å². The minimum atomic E-state index is -0.974. The molecule has 0 radical (unpaired) electrons. The third kappa shape index (κ3) is 12.1. The number of carbonyl (C=O) groups excluding carboxylic acids is 5. The van der Waals surface area contributed by atoms with Gasteiger partial charge in [-0.3, -0.25) is 24.0 Å². The summed E-state index contributed by atoms with van der Waals surface area (Å²) in [5.41, 5.74) is 5.66. The normalized spacial score (nSPS) is 21.4. The topological polar surface area (TPSA) is 178 Å². The lowest BCUT2D eigenvalue weighted by atomic mass is 9.49. The number of benzene rings is 3. The predicted octanol–water partition coefficient (Wildman–Crippen LogP) is 9.61. The Kier molecular flexibility index (Phi) is 16.9. The summed E-state index contributed by atoms with van der Waals surface area (Å²) in [5, 5.41) is 16.5. The van der Waals surface area contributed by atoms with E-state index in [1.807, 2.05) is 75.1 Å². The smallest absolute Gasteiger partial charge is 0.302 e. The Morgan fingerprint density at radius 3 is 2.34 bits per heavy atom. The van der Waals surface area contributed by atoms with Gasteiger partial charge in [0.15, 0.2) is 5.78 Å². The van der Waals surface area contributed by atoms with E-state index in [0.717, 1.165) is 33.7 Å². The first-order valence-electron chi connectivity index (χ1n) is 24.8. The van der Waals surface area contributed by atoms with Crippen molar-refractivity contribution < 1.29 is 43.3 Å². The van der Waals surface area contributed by atoms with E-state index in [-0.39, 0.29) is 60.7 Å². The summed E-state index contributed by atoms with van der Waals surface area (Å²) in [6.45, 7) is 24.6. The molecule has 1 aromatic heterocycles. The summed E-state index contributed by atoms with van der Waals surface area (Å²) in [6, 6.07) is 16.5. The lowest BCUT2D eigenvalue weighted by Crippen LogP contribution is -2.74. The highest BCUT2D eigenvalue weighted by molar-refractivity contribution is 7.13. The zero-order valence-corrected chi connectivity index (χ0v) is 44.7. The Morgan fingerprint density at radius 2 is 1.71 bits per heavy atom. The first kappa shape index (κ1) is 54.7. The largest absolute Gasteiger partial charge is 0.489 e. The number of fused-ring (bicyclic) bond motifs is 1. The third-order valence-corrected chi connectivity index (χ3v) is 15.7. The molecule has 2 fully saturated rings. The number of nitrogens with zero attached hydrogens (tertiary/aromatic N) is 3. The van der Waals surface area contributed by atoms with Crippen LogP contribution in [-0.2, 0) is 35.2 Å². The Labute approximate surface area is 437 Å². The van der Waals surface area contributed by atoms with Gasteiger partial charge >= 0.3 is 5.97 Å². The second kappa shape index (κ2) is 22.6. The van der Waals surface area contributed by atoms with Gasteiger partial charge < -0.3 is 34.9 Å². The Hall–Kier alpha value is -6.10. The van der Waals surface area contributed by atoms with Crippen molar-refractivity contribution >= 4 is 58.1 Å². The number of halogens is 1. The van der Waals surface area contributed by atoms with Crippen LogP contribution in [0.25, 0.3) is 15.3 Å². The zero-order chi connectivity index (χ0) is 53.0. The van der Waals surface area contributed by atoms with Gasteiger partial charge in [-0.15, -0.1) is 11.3 Å². The number of hydrogen-bond donors (Lipinski definition) is 3. The van der Waals surface area contributed by atoms with Crippen molar-refractivity contribution in [3.63, 3.8) is 0 Å². The van der Waals surface area contributed by atoms with Gasteiger partial charge in [0.1, 0.15) is 24.6 Å². The van der Waals surface area contributed by atoms with Crippen molar-refractivity contribution in [1.82, 2.24) is 20.5 Å². The maximum Gasteiger partial charge on any atom is 0.302 e. The number of rotatable bonds is 18. The average molecular weight is 1030 g/mol. The van der Waals surface area contributed by atoms with E-state index in [9.17, 15) is 29.1 Å². The highest BCUT2D eigenvalue weighted by Crippen LogP contribution is 2.59. The number of aromatic nitrogens is 1. The van der Waals surface area contributed by atoms with E-state index in [4.69, 9.17) is 32.4 Å². The molecule has 14 nitrogen and oxygen atoms in total. The van der Waals surface area contributed by atoms with Crippen LogP contribution in [0.5, 0.6) is 5.75 Å². The van der Waals surface area contributed by atoms with Crippen LogP contribution in [0, 0.1) is 53.4 Å². The van der Waals surface area contributed by atoms with Gasteiger partial charge in [0.05, 0.1) is 52.3 Å². The van der Waals surface area contributed by atoms with Gasteiger partial charge in [0, 0.05) is 60.4 Å². The number of aliphatic hydroxyl groups excluding tert-OH is 1. The first-order valence-corrected chi connectivity index (χ1v) is 26.1. The summed E-state index contributed by atoms with van der Waals surface area (Å²) >= 11 is 7.83. The summed E-state index contributed by atoms with van der Waals surface area (Å²) in [6.07, 6.45) is 1.32. The quantitative estimate of drug-likeness (QED) is 0.0376. The lowest BCUT2D eigenvalue weighted by molar-refractivity contribution is -0.199. The van der Waals surface area contributed by atoms with Crippen molar-refractivity contribution in [1.29, 1.82) is 0 Å². The molecule has 2 saturated carbocycles. The van der Waals surface area contributed by atoms with Crippen LogP contribution in [0.4, 0.5) is 5.69 Å². The Bertz CT molecular complexity index is 2820. The predicted molar refractivity (Wildman–Crippen MR) is 280 cm³/mol. The zero-order valence-electron chi connectivity index (χ0n) is 43.1. The molecule has 0 bridgehead atoms. The van der Waals surface area contributed by atoms with Crippen LogP contribution in [0.15, 0.2) is 66.2 Å². The average Bonchev–Trinajstić information content (AvgIpc) is 4.05. The number of aryl methyl sites for hydroxylation is 1. The number of amides is 3. The summed E-state index contributed by atoms with van der Waals surface area (Å²) in [7, 11) is 0. The van der Waals surface area contributed by atoms with E-state index in [1.165, 1.54) is 18.3 Å². The standard InChI is InChI=1S/C57H66ClN5O9S/c1-33-49(73-32-60-33)37-19-17-36(18-20-37)46(30-64)61-51(68)43-27-40(71-34(2)65)26-42(43)48(67)50(55(3,4)5)62-47(66)31-70-24-14-12-11-13-15-35-16-22-41-38(25-35)29-63(52(41)69)53-56(6,7)54(57(53,8)9)72-39-21-23-45(59-10)44(58)28-39/h16-23,25,28,32,40,42-43,46,50,53-54,64H,11-12,14,24,26-27,29-31H2,1-9H3,(H,61,68)(H,62,66)/t40-,42?,43+,46-,50+,53?,54?/m0/s1. The van der Waals surface area contributed by atoms with E-state index in [0.29, 0.717) is 53.6 Å². The maximum absolute atomic E-state index is 14.4. The lowest BCUT2D eigenvalue weighted by Gasteiger charge is -2.65. The monoisotopic (exact) mass is 1030 g/mol. The summed E-state index contributed by atoms with van der Waals surface area (Å²) < 4.78 is 17.7. The van der Waals surface area contributed by atoms with Gasteiger partial charge in [-0.2, -0.15) is 0 Å². The number of Topliss-reactive ketones (excluding diaryl/α,β-unsaturated/α-hetero) is 1. The molecule has 0 saturated heterocycles. The van der Waals surface area contributed by atoms with Crippen LogP contribution in [0.2, 0.25) is 5.02 Å². The van der Waals surface area contributed by atoms with Crippen molar-refractivity contribution in [2.75, 3.05) is 19.8 Å². The maximum atomic E-state index is 14.4. The van der Waals surface area contributed by atoms with Crippen molar-refractivity contribution in [2.24, 2.45) is 28.1 Å². The molecule has 386 valence electrons. The molecule has 73 heavy (non-hydrogen) atoms. The number of thiazole rings is 1. The molecule has 3 N–H and O–H groups in total. The van der Waals surface area contributed by atoms with Gasteiger partial charge in [-0.1, -0.05) is 102 Å². The van der Waals surface area contributed by atoms with E-state index >= 15 is 0 Å². The van der Waals surface area contributed by atoms with E-state index < -0.39 is 53.2 Å². The van der Waals surface area contributed by atoms with Crippen LogP contribution in [0.3, 0.4) is 0 Å². The highest BCUT2D eigenvalue weighted by atomic mass is 35.5. The minimum absolute atomic E-state index is 0.0101. The molecule has 3 amide bonds. The molecule has 7 rings (SSSR count). The summed E-state index contributed by atoms with van der Waals surface area (Å²) in [5.74, 6) is 3.52. The molecule has 2 aliphatic carbocycles. The number of ether oxygens (including phenoxy) is 3. The fourth-order valence-corrected chi connectivity index (χ4v) is 12.4. The molecule has 3 aromatic carbocycles. The second-order valence-electron chi connectivity index (χ2n) is 21.7. The number of carbonyl (C=O) groups is 5. The molecular formula is C57H66ClN5O9S. The summed E-state index contributed by atoms with van der Waals surface area (Å²) in [4.78, 5) is 78.3.